The van der Waals surface area contributed by atoms with Crippen molar-refractivity contribution < 1.29 is 0 Å². The second-order valence-corrected chi connectivity index (χ2v) is 5.54. The number of hydrogen-bond acceptors (Lipinski definition) is 2. The number of hydrogen-bond donors (Lipinski definition) is 0. The maximum Gasteiger partial charge on any atom is 0.160 e. The molecule has 0 fully saturated rings. The van der Waals surface area contributed by atoms with Crippen LogP contribution in [0.1, 0.15) is 37.7 Å². The first-order chi connectivity index (χ1) is 7.99. The summed E-state index contributed by atoms with van der Waals surface area (Å²) < 4.78 is 2.14. The third kappa shape index (κ3) is 2.44. The fourth-order valence-electron chi connectivity index (χ4n) is 1.96. The summed E-state index contributed by atoms with van der Waals surface area (Å²) in [6, 6.07) is 4.00. The second kappa shape index (κ2) is 4.65. The zero-order valence-corrected chi connectivity index (χ0v) is 11.5. The van der Waals surface area contributed by atoms with E-state index in [0.29, 0.717) is 5.92 Å². The molecular formula is C13H18ClN3. The molecule has 2 aromatic rings. The van der Waals surface area contributed by atoms with Crippen molar-refractivity contribution in [3.63, 3.8) is 0 Å². The molecule has 2 heterocycles. The van der Waals surface area contributed by atoms with Crippen LogP contribution in [0.5, 0.6) is 0 Å². The Morgan fingerprint density at radius 2 is 1.94 bits per heavy atom. The van der Waals surface area contributed by atoms with E-state index in [-0.39, 0.29) is 5.38 Å². The largest absolute Gasteiger partial charge is 0.311 e. The zero-order chi connectivity index (χ0) is 12.6. The molecule has 0 aliphatic rings. The Hall–Kier alpha value is -1.09. The van der Waals surface area contributed by atoms with Crippen molar-refractivity contribution in [1.82, 2.24) is 14.5 Å². The van der Waals surface area contributed by atoms with Gasteiger partial charge in [-0.2, -0.15) is 0 Å². The second-order valence-electron chi connectivity index (χ2n) is 4.89. The highest BCUT2D eigenvalue weighted by Gasteiger charge is 2.16. The molecule has 0 saturated heterocycles. The van der Waals surface area contributed by atoms with Crippen LogP contribution in [0, 0.1) is 12.8 Å². The van der Waals surface area contributed by atoms with Crippen LogP contribution in [0.2, 0.25) is 0 Å². The van der Waals surface area contributed by atoms with Gasteiger partial charge in [0.25, 0.3) is 0 Å². The number of imidazole rings is 1. The minimum absolute atomic E-state index is 0.0942. The molecular weight excluding hydrogens is 234 g/mol. The minimum Gasteiger partial charge on any atom is -0.311 e. The topological polar surface area (TPSA) is 30.7 Å². The van der Waals surface area contributed by atoms with Gasteiger partial charge in [-0.3, -0.25) is 0 Å². The highest BCUT2D eigenvalue weighted by atomic mass is 35.5. The molecule has 2 rings (SSSR count). The molecule has 3 nitrogen and oxygen atoms in total. The summed E-state index contributed by atoms with van der Waals surface area (Å²) in [6.07, 6.45) is 0. The van der Waals surface area contributed by atoms with E-state index in [0.717, 1.165) is 29.2 Å². The van der Waals surface area contributed by atoms with Gasteiger partial charge in [0.2, 0.25) is 0 Å². The molecule has 2 aromatic heterocycles. The summed E-state index contributed by atoms with van der Waals surface area (Å²) in [6.45, 7) is 9.22. The maximum absolute atomic E-state index is 6.19. The number of halogens is 1. The van der Waals surface area contributed by atoms with Crippen molar-refractivity contribution in [3.05, 3.63) is 23.7 Å². The lowest BCUT2D eigenvalue weighted by Gasteiger charge is -2.12. The fraction of sp³-hybridized carbons (Fsp3) is 0.538. The van der Waals surface area contributed by atoms with Crippen LogP contribution in [-0.4, -0.2) is 14.5 Å². The van der Waals surface area contributed by atoms with Crippen molar-refractivity contribution in [1.29, 1.82) is 0 Å². The Balaban J connectivity index is 2.64. The molecule has 0 saturated carbocycles. The Kier molecular flexibility index (Phi) is 3.38. The minimum atomic E-state index is -0.0942. The van der Waals surface area contributed by atoms with Crippen LogP contribution < -0.4 is 0 Å². The van der Waals surface area contributed by atoms with Gasteiger partial charge in [0.05, 0.1) is 5.38 Å². The summed E-state index contributed by atoms with van der Waals surface area (Å²) in [5.74, 6) is 1.46. The molecule has 0 amide bonds. The summed E-state index contributed by atoms with van der Waals surface area (Å²) >= 11 is 6.19. The summed E-state index contributed by atoms with van der Waals surface area (Å²) in [7, 11) is 0. The SMILES string of the molecule is Cc1ccc2nc(C(C)Cl)n(CC(C)C)c2n1. The van der Waals surface area contributed by atoms with E-state index in [1.807, 2.05) is 26.0 Å². The Labute approximate surface area is 107 Å². The number of aryl methyl sites for hydroxylation is 1. The van der Waals surface area contributed by atoms with E-state index in [4.69, 9.17) is 11.6 Å². The van der Waals surface area contributed by atoms with Crippen LogP contribution in [0.4, 0.5) is 0 Å². The molecule has 4 heteroatoms. The highest BCUT2D eigenvalue weighted by Crippen LogP contribution is 2.24. The summed E-state index contributed by atoms with van der Waals surface area (Å²) in [5, 5.41) is -0.0942. The normalized spacial score (nSPS) is 13.5. The van der Waals surface area contributed by atoms with Crippen LogP contribution in [0.3, 0.4) is 0 Å². The lowest BCUT2D eigenvalue weighted by molar-refractivity contribution is 0.514. The van der Waals surface area contributed by atoms with Crippen molar-refractivity contribution in [2.24, 2.45) is 5.92 Å². The number of alkyl halides is 1. The first kappa shape index (κ1) is 12.4. The fourth-order valence-corrected chi connectivity index (χ4v) is 2.13. The molecule has 0 aliphatic carbocycles. The monoisotopic (exact) mass is 251 g/mol. The van der Waals surface area contributed by atoms with E-state index in [2.05, 4.69) is 28.4 Å². The van der Waals surface area contributed by atoms with Gasteiger partial charge >= 0.3 is 0 Å². The lowest BCUT2D eigenvalue weighted by Crippen LogP contribution is -2.09. The van der Waals surface area contributed by atoms with Crippen molar-refractivity contribution >= 4 is 22.8 Å². The van der Waals surface area contributed by atoms with Crippen LogP contribution >= 0.6 is 11.6 Å². The van der Waals surface area contributed by atoms with Gasteiger partial charge in [-0.25, -0.2) is 9.97 Å². The predicted molar refractivity (Wildman–Crippen MR) is 71.4 cm³/mol. The van der Waals surface area contributed by atoms with Crippen molar-refractivity contribution in [3.8, 4) is 0 Å². The van der Waals surface area contributed by atoms with Gasteiger partial charge in [-0.1, -0.05) is 13.8 Å². The molecule has 0 radical (unpaired) electrons. The molecule has 1 atom stereocenters. The van der Waals surface area contributed by atoms with Crippen molar-refractivity contribution in [2.45, 2.75) is 39.6 Å². The number of rotatable bonds is 3. The van der Waals surface area contributed by atoms with Crippen LogP contribution in [-0.2, 0) is 6.54 Å². The Bertz CT molecular complexity index is 529. The quantitative estimate of drug-likeness (QED) is 0.779. The third-order valence-electron chi connectivity index (χ3n) is 2.66. The van der Waals surface area contributed by atoms with Gasteiger partial charge in [-0.05, 0) is 31.9 Å². The van der Waals surface area contributed by atoms with Gasteiger partial charge in [0.1, 0.15) is 11.3 Å². The molecule has 92 valence electrons. The molecule has 0 bridgehead atoms. The van der Waals surface area contributed by atoms with Crippen LogP contribution in [0.25, 0.3) is 11.2 Å². The first-order valence-electron chi connectivity index (χ1n) is 5.97. The third-order valence-corrected chi connectivity index (χ3v) is 2.86. The van der Waals surface area contributed by atoms with Gasteiger partial charge in [0.15, 0.2) is 5.65 Å². The number of pyridine rings is 1. The number of fused-ring (bicyclic) bond motifs is 1. The first-order valence-corrected chi connectivity index (χ1v) is 6.40. The summed E-state index contributed by atoms with van der Waals surface area (Å²) in [4.78, 5) is 9.15. The molecule has 0 aliphatic heterocycles. The molecule has 17 heavy (non-hydrogen) atoms. The van der Waals surface area contributed by atoms with E-state index in [1.54, 1.807) is 0 Å². The average Bonchev–Trinajstić information content (AvgIpc) is 2.56. The Morgan fingerprint density at radius 3 is 2.53 bits per heavy atom. The van der Waals surface area contributed by atoms with Gasteiger partial charge in [0, 0.05) is 12.2 Å². The van der Waals surface area contributed by atoms with Crippen LogP contribution in [0.15, 0.2) is 12.1 Å². The van der Waals surface area contributed by atoms with Crippen molar-refractivity contribution in [2.75, 3.05) is 0 Å². The zero-order valence-electron chi connectivity index (χ0n) is 10.7. The van der Waals surface area contributed by atoms with Gasteiger partial charge < -0.3 is 4.57 Å². The number of nitrogens with zero attached hydrogens (tertiary/aromatic N) is 3. The van der Waals surface area contributed by atoms with E-state index in [9.17, 15) is 0 Å². The molecule has 0 spiro atoms. The van der Waals surface area contributed by atoms with E-state index < -0.39 is 0 Å². The lowest BCUT2D eigenvalue weighted by atomic mass is 10.2. The highest BCUT2D eigenvalue weighted by molar-refractivity contribution is 6.20. The average molecular weight is 252 g/mol. The number of aromatic nitrogens is 3. The van der Waals surface area contributed by atoms with Gasteiger partial charge in [-0.15, -0.1) is 11.6 Å². The smallest absolute Gasteiger partial charge is 0.160 e. The maximum atomic E-state index is 6.19. The summed E-state index contributed by atoms with van der Waals surface area (Å²) in [5.41, 5.74) is 2.89. The Morgan fingerprint density at radius 1 is 1.24 bits per heavy atom. The molecule has 1 unspecified atom stereocenters. The predicted octanol–water partition coefficient (Wildman–Crippen LogP) is 3.70. The molecule has 0 N–H and O–H groups in total. The molecule has 0 aromatic carbocycles. The van der Waals surface area contributed by atoms with E-state index in [1.165, 1.54) is 0 Å². The standard InChI is InChI=1S/C13H18ClN3/c1-8(2)7-17-12(10(4)14)16-11-6-5-9(3)15-13(11)17/h5-6,8,10H,7H2,1-4H3. The van der Waals surface area contributed by atoms with E-state index >= 15 is 0 Å².